The average molecular weight is 344 g/mol. The van der Waals surface area contributed by atoms with Crippen molar-refractivity contribution >= 4 is 18.8 Å². The number of piperazine rings is 1. The summed E-state index contributed by atoms with van der Waals surface area (Å²) in [5, 5.41) is 9.87. The van der Waals surface area contributed by atoms with Crippen LogP contribution in [0.1, 0.15) is 6.42 Å². The van der Waals surface area contributed by atoms with Crippen LogP contribution in [0.2, 0.25) is 6.82 Å². The summed E-state index contributed by atoms with van der Waals surface area (Å²) < 4.78 is 6.55. The number of ether oxygens (including phenoxy) is 1. The van der Waals surface area contributed by atoms with E-state index in [0.29, 0.717) is 25.6 Å². The van der Waals surface area contributed by atoms with Crippen LogP contribution >= 0.6 is 0 Å². The Balaban J connectivity index is 1.85. The van der Waals surface area contributed by atoms with Gasteiger partial charge < -0.3 is 19.5 Å². The minimum atomic E-state index is -0.561. The predicted octanol–water partition coefficient (Wildman–Crippen LogP) is -0.174. The summed E-state index contributed by atoms with van der Waals surface area (Å²) >= 11 is 0. The Morgan fingerprint density at radius 3 is 2.96 bits per heavy atom. The van der Waals surface area contributed by atoms with Crippen LogP contribution in [-0.2, 0) is 9.53 Å². The molecular weight excluding hydrogens is 323 g/mol. The third kappa shape index (κ3) is 3.97. The molecule has 132 valence electrons. The summed E-state index contributed by atoms with van der Waals surface area (Å²) in [6.07, 6.45) is 6.99. The summed E-state index contributed by atoms with van der Waals surface area (Å²) in [5.74, 6) is 0.967. The van der Waals surface area contributed by atoms with E-state index in [4.69, 9.17) is 4.74 Å². The molecule has 1 atom stereocenters. The molecule has 3 rings (SSSR count). The second kappa shape index (κ2) is 7.62. The number of hydrogen-bond acceptors (Lipinski definition) is 8. The van der Waals surface area contributed by atoms with Crippen LogP contribution in [0.3, 0.4) is 0 Å². The first-order chi connectivity index (χ1) is 12.1. The van der Waals surface area contributed by atoms with E-state index in [1.165, 1.54) is 7.11 Å². The fourth-order valence-electron chi connectivity index (χ4n) is 2.97. The minimum absolute atomic E-state index is 0.138. The Morgan fingerprint density at radius 1 is 1.44 bits per heavy atom. The van der Waals surface area contributed by atoms with Gasteiger partial charge in [-0.1, -0.05) is 0 Å². The zero-order valence-corrected chi connectivity index (χ0v) is 14.3. The van der Waals surface area contributed by atoms with Crippen molar-refractivity contribution in [2.75, 3.05) is 31.6 Å². The van der Waals surface area contributed by atoms with Gasteiger partial charge in [0, 0.05) is 38.2 Å². The maximum absolute atomic E-state index is 11.8. The summed E-state index contributed by atoms with van der Waals surface area (Å²) in [6.45, 7) is 3.61. The molecule has 0 aromatic carbocycles. The molecule has 25 heavy (non-hydrogen) atoms. The first-order valence-corrected chi connectivity index (χ1v) is 8.15. The van der Waals surface area contributed by atoms with E-state index in [0.717, 1.165) is 5.82 Å². The maximum Gasteiger partial charge on any atom is 0.376 e. The van der Waals surface area contributed by atoms with E-state index in [-0.39, 0.29) is 18.4 Å². The highest BCUT2D eigenvalue weighted by Gasteiger charge is 2.32. The molecular formula is C15H21BN6O3. The van der Waals surface area contributed by atoms with Crippen molar-refractivity contribution in [3.8, 4) is 5.95 Å². The minimum Gasteiger partial charge on any atom is -0.469 e. The highest BCUT2D eigenvalue weighted by molar-refractivity contribution is 6.45. The molecule has 1 N–H and O–H groups in total. The zero-order chi connectivity index (χ0) is 17.8. The number of rotatable bonds is 5. The summed E-state index contributed by atoms with van der Waals surface area (Å²) in [6, 6.07) is 1.68. The number of imidazole rings is 1. The third-order valence-corrected chi connectivity index (χ3v) is 4.33. The van der Waals surface area contributed by atoms with Crippen LogP contribution in [0.15, 0.2) is 31.0 Å². The zero-order valence-electron chi connectivity index (χ0n) is 14.3. The summed E-state index contributed by atoms with van der Waals surface area (Å²) in [5.41, 5.74) is 0. The lowest BCUT2D eigenvalue weighted by molar-refractivity contribution is -0.141. The van der Waals surface area contributed by atoms with Crippen molar-refractivity contribution in [2.24, 2.45) is 0 Å². The number of carbonyl (C=O) groups is 1. The van der Waals surface area contributed by atoms with Crippen molar-refractivity contribution in [3.05, 3.63) is 31.0 Å². The van der Waals surface area contributed by atoms with Crippen LogP contribution in [-0.4, -0.2) is 75.2 Å². The number of hydrogen-bond donors (Lipinski definition) is 1. The summed E-state index contributed by atoms with van der Waals surface area (Å²) in [7, 11) is 0.818. The SMILES string of the molecule is COC(=O)CC1CN(B(C)O)CCN1c1ccnc(-n2ccnc2)n1. The fraction of sp³-hybridized carbons (Fsp3) is 0.467. The third-order valence-electron chi connectivity index (χ3n) is 4.33. The van der Waals surface area contributed by atoms with Gasteiger partial charge >= 0.3 is 13.0 Å². The Hall–Kier alpha value is -2.46. The van der Waals surface area contributed by atoms with Gasteiger partial charge in [-0.05, 0) is 12.9 Å². The molecule has 0 saturated carbocycles. The van der Waals surface area contributed by atoms with Gasteiger partial charge in [0.15, 0.2) is 0 Å². The second-order valence-electron chi connectivity index (χ2n) is 5.94. The highest BCUT2D eigenvalue weighted by Crippen LogP contribution is 2.21. The topological polar surface area (TPSA) is 96.6 Å². The van der Waals surface area contributed by atoms with Crippen LogP contribution in [0.5, 0.6) is 0 Å². The Bertz CT molecular complexity index is 711. The van der Waals surface area contributed by atoms with Gasteiger partial charge in [-0.2, -0.15) is 4.98 Å². The lowest BCUT2D eigenvalue weighted by atomic mass is 9.83. The van der Waals surface area contributed by atoms with Gasteiger partial charge in [-0.3, -0.25) is 9.36 Å². The summed E-state index contributed by atoms with van der Waals surface area (Å²) in [4.78, 5) is 28.7. The second-order valence-corrected chi connectivity index (χ2v) is 5.94. The Morgan fingerprint density at radius 2 is 2.28 bits per heavy atom. The molecule has 0 spiro atoms. The quantitative estimate of drug-likeness (QED) is 0.590. The van der Waals surface area contributed by atoms with Crippen LogP contribution in [0.4, 0.5) is 5.82 Å². The first-order valence-electron chi connectivity index (χ1n) is 8.15. The first kappa shape index (κ1) is 17.4. The normalized spacial score (nSPS) is 18.2. The molecule has 1 saturated heterocycles. The molecule has 1 aliphatic heterocycles. The van der Waals surface area contributed by atoms with Crippen LogP contribution in [0.25, 0.3) is 5.95 Å². The molecule has 0 aliphatic carbocycles. The van der Waals surface area contributed by atoms with Crippen molar-refractivity contribution < 1.29 is 14.6 Å². The molecule has 10 heteroatoms. The standard InChI is InChI=1S/C15H21BN6O3/c1-16(24)21-7-8-22(12(10-21)9-14(23)25-2)13-3-4-18-15(19-13)20-6-5-17-11-20/h3-6,11-12,24H,7-10H2,1-2H3. The highest BCUT2D eigenvalue weighted by atomic mass is 16.5. The lowest BCUT2D eigenvalue weighted by Gasteiger charge is -2.42. The Labute approximate surface area is 146 Å². The molecule has 2 aromatic heterocycles. The van der Waals surface area contributed by atoms with Crippen molar-refractivity contribution in [1.29, 1.82) is 0 Å². The Kier molecular flexibility index (Phi) is 5.29. The predicted molar refractivity (Wildman–Crippen MR) is 92.3 cm³/mol. The van der Waals surface area contributed by atoms with Gasteiger partial charge in [-0.25, -0.2) is 9.97 Å². The molecule has 1 fully saturated rings. The van der Waals surface area contributed by atoms with Gasteiger partial charge in [0.2, 0.25) is 5.95 Å². The number of methoxy groups -OCH3 is 1. The van der Waals surface area contributed by atoms with E-state index >= 15 is 0 Å². The smallest absolute Gasteiger partial charge is 0.376 e. The van der Waals surface area contributed by atoms with E-state index < -0.39 is 7.05 Å². The van der Waals surface area contributed by atoms with Gasteiger partial charge in [0.25, 0.3) is 0 Å². The monoisotopic (exact) mass is 344 g/mol. The number of anilines is 1. The molecule has 0 radical (unpaired) electrons. The number of nitrogens with zero attached hydrogens (tertiary/aromatic N) is 6. The van der Waals surface area contributed by atoms with Crippen molar-refractivity contribution in [3.63, 3.8) is 0 Å². The van der Waals surface area contributed by atoms with Gasteiger partial charge in [0.05, 0.1) is 19.6 Å². The van der Waals surface area contributed by atoms with Crippen molar-refractivity contribution in [2.45, 2.75) is 19.3 Å². The number of carbonyl (C=O) groups excluding carboxylic acids is 1. The van der Waals surface area contributed by atoms with Crippen LogP contribution in [0, 0.1) is 0 Å². The molecule has 1 aliphatic rings. The number of aromatic nitrogens is 4. The molecule has 1 unspecified atom stereocenters. The molecule has 2 aromatic rings. The fourth-order valence-corrected chi connectivity index (χ4v) is 2.97. The molecule has 0 bridgehead atoms. The van der Waals surface area contributed by atoms with E-state index in [2.05, 4.69) is 19.9 Å². The molecule has 3 heterocycles. The van der Waals surface area contributed by atoms with Crippen LogP contribution < -0.4 is 4.90 Å². The lowest BCUT2D eigenvalue weighted by Crippen LogP contribution is -2.57. The van der Waals surface area contributed by atoms with Crippen molar-refractivity contribution in [1.82, 2.24) is 24.3 Å². The van der Waals surface area contributed by atoms with E-state index in [1.807, 2.05) is 10.9 Å². The van der Waals surface area contributed by atoms with E-state index in [9.17, 15) is 9.82 Å². The maximum atomic E-state index is 11.8. The number of esters is 1. The van der Waals surface area contributed by atoms with Gasteiger partial charge in [-0.15, -0.1) is 0 Å². The average Bonchev–Trinajstić information content (AvgIpc) is 3.16. The molecule has 0 amide bonds. The largest absolute Gasteiger partial charge is 0.469 e. The van der Waals surface area contributed by atoms with Gasteiger partial charge in [0.1, 0.15) is 12.1 Å². The van der Waals surface area contributed by atoms with E-state index in [1.54, 1.807) is 36.3 Å². The molecule has 9 nitrogen and oxygen atoms in total.